The summed E-state index contributed by atoms with van der Waals surface area (Å²) in [6.07, 6.45) is -4.83. The summed E-state index contributed by atoms with van der Waals surface area (Å²) in [6, 6.07) is 9.29. The highest BCUT2D eigenvalue weighted by atomic mass is 16.8. The predicted molar refractivity (Wildman–Crippen MR) is 171 cm³/mol. The standard InChI is InChI=1S/C35H46O14/c1-7-19(2)17-20(3)13-14-25(37)47-28-27(38)33(48-29(30(39)40)34(45,31(41)42)35(28,49-33)32(43)44)16-15-21(4)26(46-23(6)36)22(5)18-24-11-9-8-10-12-24/h8-14,19-20,22,26-29,38,45H,4,7,15-18H2,1-3,5-6H3,(H,39,40)(H,41,42)(H,43,44)/b14-13+/t19-,20+,22+,26+,27+,28+,29?,33?,34?,35-/m0/s1. The molecule has 0 aromatic heterocycles. The number of hydrogen-bond donors (Lipinski definition) is 5. The number of benzene rings is 1. The molecule has 0 amide bonds. The van der Waals surface area contributed by atoms with Gasteiger partial charge in [-0.3, -0.25) is 4.79 Å². The molecule has 1 aromatic carbocycles. The van der Waals surface area contributed by atoms with Crippen molar-refractivity contribution in [1.29, 1.82) is 0 Å². The van der Waals surface area contributed by atoms with Gasteiger partial charge in [0, 0.05) is 25.3 Å². The first kappa shape index (κ1) is 39.3. The minimum atomic E-state index is -3.90. The summed E-state index contributed by atoms with van der Waals surface area (Å²) >= 11 is 0. The molecule has 0 spiro atoms. The number of aliphatic hydroxyl groups excluding tert-OH is 1. The molecule has 49 heavy (non-hydrogen) atoms. The van der Waals surface area contributed by atoms with Crippen LogP contribution in [0, 0.1) is 17.8 Å². The Bertz CT molecular complexity index is 1440. The number of carbonyl (C=O) groups is 5. The molecule has 14 nitrogen and oxygen atoms in total. The quantitative estimate of drug-likeness (QED) is 0.0901. The maximum atomic E-state index is 13.0. The summed E-state index contributed by atoms with van der Waals surface area (Å²) in [5.41, 5.74) is -6.27. The number of carboxylic acid groups (broad SMARTS) is 3. The first-order chi connectivity index (χ1) is 22.9. The van der Waals surface area contributed by atoms with E-state index in [0.29, 0.717) is 18.8 Å². The van der Waals surface area contributed by atoms with E-state index in [-0.39, 0.29) is 23.8 Å². The van der Waals surface area contributed by atoms with Crippen molar-refractivity contribution in [3.63, 3.8) is 0 Å². The largest absolute Gasteiger partial charge is 0.479 e. The fraction of sp³-hybridized carbons (Fsp3) is 0.571. The molecule has 1 aromatic rings. The summed E-state index contributed by atoms with van der Waals surface area (Å²) < 4.78 is 22.0. The van der Waals surface area contributed by atoms with E-state index in [1.807, 2.05) is 51.1 Å². The normalized spacial score (nSPS) is 30.1. The van der Waals surface area contributed by atoms with Crippen molar-refractivity contribution in [3.8, 4) is 0 Å². The SMILES string of the molecule is C=C(CCC12OC(C(=O)O)C(O)(C(=O)O)[C@](C(=O)O)(O1)[C@H](OC(=O)/C=C/[C@@H](C)C[C@@H](C)CC)[C@H]2O)[C@@H](OC(C)=O)[C@H](C)Cc1ccccc1. The van der Waals surface area contributed by atoms with E-state index in [0.717, 1.165) is 18.1 Å². The van der Waals surface area contributed by atoms with Gasteiger partial charge in [-0.1, -0.05) is 77.1 Å². The molecular formula is C35H46O14. The van der Waals surface area contributed by atoms with Crippen LogP contribution in [0.1, 0.15) is 65.9 Å². The van der Waals surface area contributed by atoms with Gasteiger partial charge in [-0.2, -0.15) is 0 Å². The van der Waals surface area contributed by atoms with Crippen molar-refractivity contribution < 1.29 is 68.5 Å². The molecule has 3 unspecified atom stereocenters. The number of ether oxygens (including phenoxy) is 4. The third-order valence-electron chi connectivity index (χ3n) is 9.29. The van der Waals surface area contributed by atoms with Crippen molar-refractivity contribution in [1.82, 2.24) is 0 Å². The number of fused-ring (bicyclic) bond motifs is 2. The molecule has 0 saturated carbocycles. The number of carboxylic acids is 3. The van der Waals surface area contributed by atoms with E-state index in [2.05, 4.69) is 6.58 Å². The lowest BCUT2D eigenvalue weighted by molar-refractivity contribution is -0.374. The van der Waals surface area contributed by atoms with E-state index in [9.17, 15) is 49.5 Å². The molecule has 2 fully saturated rings. The molecule has 0 aliphatic carbocycles. The van der Waals surface area contributed by atoms with Gasteiger partial charge in [0.05, 0.1) is 0 Å². The number of carbonyl (C=O) groups excluding carboxylic acids is 2. The molecule has 2 bridgehead atoms. The van der Waals surface area contributed by atoms with Gasteiger partial charge in [0.1, 0.15) is 12.2 Å². The van der Waals surface area contributed by atoms with Crippen LogP contribution in [0.5, 0.6) is 0 Å². The highest BCUT2D eigenvalue weighted by molar-refractivity contribution is 5.98. The molecule has 270 valence electrons. The number of aliphatic hydroxyl groups is 2. The van der Waals surface area contributed by atoms with Gasteiger partial charge in [0.15, 0.2) is 6.10 Å². The Morgan fingerprint density at radius 1 is 1.04 bits per heavy atom. The summed E-state index contributed by atoms with van der Waals surface area (Å²) in [4.78, 5) is 63.0. The van der Waals surface area contributed by atoms with Crippen LogP contribution < -0.4 is 0 Å². The summed E-state index contributed by atoms with van der Waals surface area (Å²) in [5, 5.41) is 53.5. The minimum Gasteiger partial charge on any atom is -0.479 e. The Morgan fingerprint density at radius 2 is 1.67 bits per heavy atom. The monoisotopic (exact) mass is 690 g/mol. The molecule has 2 aliphatic heterocycles. The van der Waals surface area contributed by atoms with Gasteiger partial charge in [0.2, 0.25) is 23.1 Å². The Morgan fingerprint density at radius 3 is 2.20 bits per heavy atom. The van der Waals surface area contributed by atoms with Crippen molar-refractivity contribution in [2.75, 3.05) is 0 Å². The highest BCUT2D eigenvalue weighted by Crippen LogP contribution is 2.56. The third-order valence-corrected chi connectivity index (χ3v) is 9.29. The van der Waals surface area contributed by atoms with Gasteiger partial charge in [0.25, 0.3) is 0 Å². The zero-order chi connectivity index (χ0) is 36.9. The maximum Gasteiger partial charge on any atom is 0.344 e. The van der Waals surface area contributed by atoms with Crippen LogP contribution in [0.2, 0.25) is 0 Å². The topological polar surface area (TPSA) is 223 Å². The Kier molecular flexibility index (Phi) is 12.5. The number of esters is 2. The van der Waals surface area contributed by atoms with Gasteiger partial charge < -0.3 is 44.5 Å². The zero-order valence-electron chi connectivity index (χ0n) is 28.2. The lowest BCUT2D eigenvalue weighted by Crippen LogP contribution is -2.78. The summed E-state index contributed by atoms with van der Waals surface area (Å²) in [5.74, 6) is -11.3. The summed E-state index contributed by atoms with van der Waals surface area (Å²) in [6.45, 7) is 12.9. The lowest BCUT2D eigenvalue weighted by Gasteiger charge is -2.48. The fourth-order valence-corrected chi connectivity index (χ4v) is 6.58. The van der Waals surface area contributed by atoms with Crippen LogP contribution in [0.3, 0.4) is 0 Å². The second-order valence-corrected chi connectivity index (χ2v) is 13.1. The molecule has 10 atom stereocenters. The van der Waals surface area contributed by atoms with E-state index in [1.165, 1.54) is 13.0 Å². The van der Waals surface area contributed by atoms with E-state index in [1.54, 1.807) is 6.92 Å². The first-order valence-corrected chi connectivity index (χ1v) is 16.1. The Labute approximate surface area is 284 Å². The minimum absolute atomic E-state index is 0.123. The third kappa shape index (κ3) is 7.88. The van der Waals surface area contributed by atoms with Crippen LogP contribution in [-0.2, 0) is 49.3 Å². The van der Waals surface area contributed by atoms with Crippen LogP contribution >= 0.6 is 0 Å². The molecule has 0 radical (unpaired) electrons. The zero-order valence-corrected chi connectivity index (χ0v) is 28.2. The van der Waals surface area contributed by atoms with Crippen LogP contribution in [-0.4, -0.2) is 96.8 Å². The number of rotatable bonds is 17. The number of aliphatic carboxylic acids is 3. The van der Waals surface area contributed by atoms with Crippen LogP contribution in [0.15, 0.2) is 54.6 Å². The second-order valence-electron chi connectivity index (χ2n) is 13.1. The van der Waals surface area contributed by atoms with Crippen molar-refractivity contribution in [3.05, 3.63) is 60.2 Å². The van der Waals surface area contributed by atoms with Gasteiger partial charge >= 0.3 is 29.8 Å². The highest BCUT2D eigenvalue weighted by Gasteiger charge is 2.85. The Balaban J connectivity index is 2.02. The van der Waals surface area contributed by atoms with Crippen LogP contribution in [0.25, 0.3) is 0 Å². The van der Waals surface area contributed by atoms with Crippen LogP contribution in [0.4, 0.5) is 0 Å². The summed E-state index contributed by atoms with van der Waals surface area (Å²) in [7, 11) is 0. The average Bonchev–Trinajstić information content (AvgIpc) is 3.25. The van der Waals surface area contributed by atoms with Crippen molar-refractivity contribution in [2.45, 2.75) is 108 Å². The number of allylic oxidation sites excluding steroid dienone is 1. The molecule has 2 saturated heterocycles. The van der Waals surface area contributed by atoms with Crippen molar-refractivity contribution >= 4 is 29.8 Å². The Hall–Kier alpha value is -4.11. The molecule has 5 N–H and O–H groups in total. The smallest absolute Gasteiger partial charge is 0.344 e. The first-order valence-electron chi connectivity index (χ1n) is 16.1. The fourth-order valence-electron chi connectivity index (χ4n) is 6.58. The van der Waals surface area contributed by atoms with E-state index < -0.39 is 77.7 Å². The van der Waals surface area contributed by atoms with Gasteiger partial charge in [-0.15, -0.1) is 0 Å². The van der Waals surface area contributed by atoms with E-state index >= 15 is 0 Å². The average molecular weight is 691 g/mol. The lowest BCUT2D eigenvalue weighted by atomic mass is 9.74. The van der Waals surface area contributed by atoms with Gasteiger partial charge in [-0.05, 0) is 42.2 Å². The second kappa shape index (κ2) is 15.6. The maximum absolute atomic E-state index is 13.0. The van der Waals surface area contributed by atoms with Gasteiger partial charge in [-0.25, -0.2) is 19.2 Å². The number of hydrogen-bond acceptors (Lipinski definition) is 11. The molecule has 3 rings (SSSR count). The predicted octanol–water partition coefficient (Wildman–Crippen LogP) is 2.88. The van der Waals surface area contributed by atoms with E-state index in [4.69, 9.17) is 18.9 Å². The van der Waals surface area contributed by atoms with Crippen molar-refractivity contribution in [2.24, 2.45) is 17.8 Å². The molecule has 14 heteroatoms. The molecule has 2 heterocycles. The molecular weight excluding hydrogens is 644 g/mol. The molecule has 2 aliphatic rings.